The Morgan fingerprint density at radius 2 is 2.05 bits per heavy atom. The Balaban J connectivity index is 1.79. The molecule has 2 aromatic rings. The second kappa shape index (κ2) is 5.15. The highest BCUT2D eigenvalue weighted by Crippen LogP contribution is 2.33. The molecule has 0 aliphatic carbocycles. The Labute approximate surface area is 124 Å². The smallest absolute Gasteiger partial charge is 0.244 e. The summed E-state index contributed by atoms with van der Waals surface area (Å²) in [6.07, 6.45) is 0.861. The lowest BCUT2D eigenvalue weighted by atomic mass is 9.87. The Kier molecular flexibility index (Phi) is 3.45. The molecule has 0 saturated heterocycles. The maximum atomic E-state index is 6.16. The van der Waals surface area contributed by atoms with E-state index in [4.69, 9.17) is 15.0 Å². The van der Waals surface area contributed by atoms with E-state index in [0.717, 1.165) is 12.2 Å². The molecule has 0 saturated carbocycles. The number of aromatic nitrogens is 2. The number of nitrogens with two attached hydrogens (primary N) is 1. The minimum absolute atomic E-state index is 0.112. The largest absolute Gasteiger partial charge is 0.493 e. The third-order valence-electron chi connectivity index (χ3n) is 3.90. The third kappa shape index (κ3) is 2.78. The van der Waals surface area contributed by atoms with E-state index in [-0.39, 0.29) is 17.4 Å². The van der Waals surface area contributed by atoms with Crippen LogP contribution in [0.3, 0.4) is 0 Å². The molecule has 1 unspecified atom stereocenters. The van der Waals surface area contributed by atoms with Crippen LogP contribution in [0.1, 0.15) is 50.0 Å². The first-order chi connectivity index (χ1) is 9.95. The molecular weight excluding hydrogens is 266 g/mol. The predicted octanol–water partition coefficient (Wildman–Crippen LogP) is 2.83. The minimum atomic E-state index is -0.268. The fourth-order valence-electron chi connectivity index (χ4n) is 2.40. The van der Waals surface area contributed by atoms with Gasteiger partial charge in [-0.25, -0.2) is 0 Å². The van der Waals surface area contributed by atoms with Crippen molar-refractivity contribution in [2.24, 2.45) is 11.1 Å². The first-order valence-corrected chi connectivity index (χ1v) is 7.25. The Morgan fingerprint density at radius 3 is 2.81 bits per heavy atom. The molecule has 5 nitrogen and oxygen atoms in total. The fourth-order valence-corrected chi connectivity index (χ4v) is 2.40. The lowest BCUT2D eigenvalue weighted by Gasteiger charge is -2.24. The highest BCUT2D eigenvalue weighted by molar-refractivity contribution is 5.36. The zero-order valence-electron chi connectivity index (χ0n) is 12.7. The van der Waals surface area contributed by atoms with Gasteiger partial charge in [0.2, 0.25) is 5.89 Å². The molecule has 2 N–H and O–H groups in total. The number of nitrogens with zero attached hydrogens (tertiary/aromatic N) is 2. The Morgan fingerprint density at radius 1 is 1.29 bits per heavy atom. The number of rotatable bonds is 2. The molecular formula is C16H21N3O2. The van der Waals surface area contributed by atoms with Gasteiger partial charge in [0.1, 0.15) is 5.75 Å². The quantitative estimate of drug-likeness (QED) is 0.919. The van der Waals surface area contributed by atoms with Crippen molar-refractivity contribution in [3.8, 4) is 5.75 Å². The van der Waals surface area contributed by atoms with Gasteiger partial charge in [0, 0.05) is 0 Å². The van der Waals surface area contributed by atoms with E-state index in [1.165, 1.54) is 5.56 Å². The lowest BCUT2D eigenvalue weighted by molar-refractivity contribution is 0.244. The molecule has 0 amide bonds. The molecule has 0 spiro atoms. The van der Waals surface area contributed by atoms with Crippen LogP contribution < -0.4 is 10.5 Å². The van der Waals surface area contributed by atoms with Crippen LogP contribution in [0.4, 0.5) is 0 Å². The number of ether oxygens (including phenoxy) is 1. The number of para-hydroxylation sites is 1. The van der Waals surface area contributed by atoms with Crippen molar-refractivity contribution in [1.29, 1.82) is 0 Å². The van der Waals surface area contributed by atoms with Crippen molar-refractivity contribution < 1.29 is 9.26 Å². The Hall–Kier alpha value is -1.88. The number of fused-ring (bicyclic) bond motifs is 1. The van der Waals surface area contributed by atoms with E-state index in [2.05, 4.69) is 37.0 Å². The van der Waals surface area contributed by atoms with Crippen molar-refractivity contribution in [2.75, 3.05) is 6.61 Å². The zero-order valence-corrected chi connectivity index (χ0v) is 12.7. The molecule has 21 heavy (non-hydrogen) atoms. The van der Waals surface area contributed by atoms with Crippen LogP contribution in [-0.4, -0.2) is 16.7 Å². The SMILES string of the molecule is CC(C)(C)[C@@H](N)c1nc(C2COc3ccccc3C2)no1. The van der Waals surface area contributed by atoms with Crippen LogP contribution in [-0.2, 0) is 6.42 Å². The normalized spacial score (nSPS) is 19.7. The molecule has 1 aliphatic heterocycles. The van der Waals surface area contributed by atoms with Gasteiger partial charge >= 0.3 is 0 Å². The molecule has 1 aromatic carbocycles. The molecule has 0 fully saturated rings. The summed E-state index contributed by atoms with van der Waals surface area (Å²) in [6, 6.07) is 7.79. The van der Waals surface area contributed by atoms with Gasteiger partial charge in [-0.05, 0) is 23.5 Å². The van der Waals surface area contributed by atoms with Crippen LogP contribution in [0.15, 0.2) is 28.8 Å². The first kappa shape index (κ1) is 14.1. The van der Waals surface area contributed by atoms with E-state index in [1.54, 1.807) is 0 Å². The second-order valence-electron chi connectivity index (χ2n) is 6.65. The monoisotopic (exact) mass is 287 g/mol. The number of benzene rings is 1. The summed E-state index contributed by atoms with van der Waals surface area (Å²) in [7, 11) is 0. The molecule has 5 heteroatoms. The summed E-state index contributed by atoms with van der Waals surface area (Å²) >= 11 is 0. The molecule has 112 valence electrons. The number of hydrogen-bond acceptors (Lipinski definition) is 5. The van der Waals surface area contributed by atoms with E-state index in [1.807, 2.05) is 18.2 Å². The second-order valence-corrected chi connectivity index (χ2v) is 6.65. The zero-order chi connectivity index (χ0) is 15.0. The van der Waals surface area contributed by atoms with Crippen LogP contribution in [0.2, 0.25) is 0 Å². The minimum Gasteiger partial charge on any atom is -0.493 e. The topological polar surface area (TPSA) is 74.2 Å². The number of hydrogen-bond donors (Lipinski definition) is 1. The molecule has 2 atom stereocenters. The lowest BCUT2D eigenvalue weighted by Crippen LogP contribution is -2.26. The highest BCUT2D eigenvalue weighted by Gasteiger charge is 2.30. The van der Waals surface area contributed by atoms with Gasteiger partial charge in [-0.15, -0.1) is 0 Å². The van der Waals surface area contributed by atoms with Crippen LogP contribution >= 0.6 is 0 Å². The molecule has 1 aliphatic rings. The van der Waals surface area contributed by atoms with Gasteiger partial charge in [-0.3, -0.25) is 0 Å². The van der Waals surface area contributed by atoms with Gasteiger partial charge in [0.15, 0.2) is 5.82 Å². The summed E-state index contributed by atoms with van der Waals surface area (Å²) in [6.45, 7) is 6.74. The third-order valence-corrected chi connectivity index (χ3v) is 3.90. The van der Waals surface area contributed by atoms with Crippen molar-refractivity contribution in [1.82, 2.24) is 10.1 Å². The summed E-state index contributed by atoms with van der Waals surface area (Å²) in [4.78, 5) is 4.49. The summed E-state index contributed by atoms with van der Waals surface area (Å²) < 4.78 is 11.1. The maximum absolute atomic E-state index is 6.16. The van der Waals surface area contributed by atoms with Crippen molar-refractivity contribution in [2.45, 2.75) is 39.2 Å². The fraction of sp³-hybridized carbons (Fsp3) is 0.500. The van der Waals surface area contributed by atoms with Gasteiger partial charge in [0.05, 0.1) is 18.6 Å². The van der Waals surface area contributed by atoms with E-state index >= 15 is 0 Å². The molecule has 1 aromatic heterocycles. The predicted molar refractivity (Wildman–Crippen MR) is 79.1 cm³/mol. The van der Waals surface area contributed by atoms with Crippen LogP contribution in [0, 0.1) is 5.41 Å². The van der Waals surface area contributed by atoms with Gasteiger partial charge in [-0.2, -0.15) is 4.98 Å². The van der Waals surface area contributed by atoms with Crippen LogP contribution in [0.25, 0.3) is 0 Å². The highest BCUT2D eigenvalue weighted by atomic mass is 16.5. The van der Waals surface area contributed by atoms with E-state index < -0.39 is 0 Å². The standard InChI is InChI=1S/C16H21N3O2/c1-16(2,3)13(17)15-18-14(19-21-15)11-8-10-6-4-5-7-12(10)20-9-11/h4-7,11,13H,8-9,17H2,1-3H3/t11?,13-/m0/s1. The average Bonchev–Trinajstić information content (AvgIpc) is 2.94. The summed E-state index contributed by atoms with van der Waals surface area (Å²) in [5, 5.41) is 4.10. The van der Waals surface area contributed by atoms with Gasteiger partial charge < -0.3 is 15.0 Å². The van der Waals surface area contributed by atoms with E-state index in [9.17, 15) is 0 Å². The molecule has 0 bridgehead atoms. The summed E-state index contributed by atoms with van der Waals surface area (Å²) in [5.74, 6) is 2.24. The molecule has 2 heterocycles. The van der Waals surface area contributed by atoms with Crippen molar-refractivity contribution >= 4 is 0 Å². The van der Waals surface area contributed by atoms with Crippen molar-refractivity contribution in [3.63, 3.8) is 0 Å². The average molecular weight is 287 g/mol. The van der Waals surface area contributed by atoms with Crippen LogP contribution in [0.5, 0.6) is 5.75 Å². The summed E-state index contributed by atoms with van der Waals surface area (Å²) in [5.41, 5.74) is 7.23. The molecule has 0 radical (unpaired) electrons. The Bertz CT molecular complexity index is 630. The van der Waals surface area contributed by atoms with Gasteiger partial charge in [0.25, 0.3) is 0 Å². The van der Waals surface area contributed by atoms with E-state index in [0.29, 0.717) is 18.3 Å². The van der Waals surface area contributed by atoms with Crippen molar-refractivity contribution in [3.05, 3.63) is 41.5 Å². The maximum Gasteiger partial charge on any atom is 0.244 e. The molecule has 3 rings (SSSR count). The first-order valence-electron chi connectivity index (χ1n) is 7.25. The van der Waals surface area contributed by atoms with Gasteiger partial charge in [-0.1, -0.05) is 44.1 Å².